The molecule has 0 amide bonds. The Balaban J connectivity index is 2.58. The van der Waals surface area contributed by atoms with Gasteiger partial charge in [-0.05, 0) is 63.5 Å². The Morgan fingerprint density at radius 1 is 0.279 bits per heavy atom. The quantitative estimate of drug-likeness (QED) is 0.0482. The fourth-order valence-corrected chi connectivity index (χ4v) is 10.3. The van der Waals surface area contributed by atoms with Crippen LogP contribution in [-0.4, -0.2) is 24.1 Å². The zero-order valence-electron chi connectivity index (χ0n) is 46.5. The fourth-order valence-electron chi connectivity index (χ4n) is 10.3. The lowest BCUT2D eigenvalue weighted by Crippen LogP contribution is -2.23. The molecule has 0 radical (unpaired) electrons. The molecule has 4 nitrogen and oxygen atoms in total. The molecule has 1 aromatic rings. The molecule has 0 aliphatic rings. The first-order chi connectivity index (χ1) is 33.6. The number of carbonyl (C=O) groups excluding carboxylic acids is 2. The van der Waals surface area contributed by atoms with Crippen LogP contribution in [0.4, 0.5) is 0 Å². The highest BCUT2D eigenvalue weighted by Gasteiger charge is 2.24. The lowest BCUT2D eigenvalue weighted by Gasteiger charge is -2.21. The number of unbranched alkanes of at least 4 members (excludes halogenated alkanes) is 42. The van der Waals surface area contributed by atoms with Crippen LogP contribution in [0.25, 0.3) is 0 Å². The molecule has 2 unspecified atom stereocenters. The van der Waals surface area contributed by atoms with Gasteiger partial charge < -0.3 is 9.47 Å². The van der Waals surface area contributed by atoms with E-state index in [9.17, 15) is 9.59 Å². The Kier molecular flexibility index (Phi) is 48.6. The van der Waals surface area contributed by atoms with Gasteiger partial charge in [0, 0.05) is 0 Å². The third-order valence-electron chi connectivity index (χ3n) is 14.9. The lowest BCUT2D eigenvalue weighted by molar-refractivity contribution is 0.0201. The van der Waals surface area contributed by atoms with Crippen LogP contribution in [0.1, 0.15) is 369 Å². The van der Waals surface area contributed by atoms with E-state index in [0.29, 0.717) is 11.1 Å². The maximum atomic E-state index is 13.9. The van der Waals surface area contributed by atoms with Gasteiger partial charge in [0.1, 0.15) is 12.2 Å². The highest BCUT2D eigenvalue weighted by Crippen LogP contribution is 2.24. The molecule has 0 aromatic heterocycles. The van der Waals surface area contributed by atoms with Crippen LogP contribution < -0.4 is 0 Å². The van der Waals surface area contributed by atoms with E-state index in [2.05, 4.69) is 27.7 Å². The molecule has 0 saturated carbocycles. The van der Waals surface area contributed by atoms with Crippen molar-refractivity contribution in [1.82, 2.24) is 0 Å². The average Bonchev–Trinajstić information content (AvgIpc) is 3.35. The summed E-state index contributed by atoms with van der Waals surface area (Å²) in [6.45, 7) is 9.12. The average molecular weight is 952 g/mol. The van der Waals surface area contributed by atoms with Crippen molar-refractivity contribution in [3.8, 4) is 0 Å². The molecule has 0 heterocycles. The van der Waals surface area contributed by atoms with Crippen molar-refractivity contribution in [3.05, 3.63) is 35.4 Å². The van der Waals surface area contributed by atoms with Gasteiger partial charge in [0.15, 0.2) is 0 Å². The third-order valence-corrected chi connectivity index (χ3v) is 14.9. The van der Waals surface area contributed by atoms with E-state index in [1.165, 1.54) is 270 Å². The second kappa shape index (κ2) is 51.5. The van der Waals surface area contributed by atoms with Crippen LogP contribution in [0.5, 0.6) is 0 Å². The highest BCUT2D eigenvalue weighted by atomic mass is 16.5. The van der Waals surface area contributed by atoms with Gasteiger partial charge in [-0.3, -0.25) is 0 Å². The molecule has 1 rings (SSSR count). The minimum absolute atomic E-state index is 0.103. The van der Waals surface area contributed by atoms with Crippen LogP contribution in [0, 0.1) is 0 Å². The van der Waals surface area contributed by atoms with Gasteiger partial charge in [0.2, 0.25) is 0 Å². The Hall–Kier alpha value is -1.84. The van der Waals surface area contributed by atoms with E-state index in [0.717, 1.165) is 51.4 Å². The summed E-state index contributed by atoms with van der Waals surface area (Å²) in [7, 11) is 0. The van der Waals surface area contributed by atoms with Gasteiger partial charge in [-0.2, -0.15) is 0 Å². The molecule has 0 N–H and O–H groups in total. The lowest BCUT2D eigenvalue weighted by atomic mass is 10.0. The molecule has 4 heteroatoms. The van der Waals surface area contributed by atoms with Crippen molar-refractivity contribution < 1.29 is 19.1 Å². The second-order valence-electron chi connectivity index (χ2n) is 21.6. The van der Waals surface area contributed by atoms with Crippen LogP contribution in [0.3, 0.4) is 0 Å². The number of hydrogen-bond donors (Lipinski definition) is 0. The topological polar surface area (TPSA) is 52.6 Å². The van der Waals surface area contributed by atoms with Gasteiger partial charge in [0.05, 0.1) is 11.1 Å². The number of rotatable bonds is 54. The number of ether oxygens (including phenoxy) is 2. The van der Waals surface area contributed by atoms with Crippen LogP contribution in [0.15, 0.2) is 24.3 Å². The molecule has 1 aromatic carbocycles. The van der Waals surface area contributed by atoms with E-state index >= 15 is 0 Å². The van der Waals surface area contributed by atoms with Crippen molar-refractivity contribution in [1.29, 1.82) is 0 Å². The highest BCUT2D eigenvalue weighted by molar-refractivity contribution is 6.03. The summed E-state index contributed by atoms with van der Waals surface area (Å²) in [6.07, 6.45) is 64.4. The van der Waals surface area contributed by atoms with Gasteiger partial charge in [-0.1, -0.05) is 310 Å². The first-order valence-electron chi connectivity index (χ1n) is 31.1. The summed E-state index contributed by atoms with van der Waals surface area (Å²) in [5.41, 5.74) is 0.730. The predicted molar refractivity (Wildman–Crippen MR) is 298 cm³/mol. The number of hydrogen-bond acceptors (Lipinski definition) is 4. The molecule has 68 heavy (non-hydrogen) atoms. The standard InChI is InChI=1S/C64H118O4/c1-5-9-13-17-21-23-25-27-29-31-33-35-37-39-41-45-49-55-59(53-47-43-19-15-11-7-3)67-63(65)61-57-51-52-58-62(61)64(66)68-60(54-48-44-20-16-12-8-4)56-50-46-42-40-38-36-34-32-30-28-26-24-22-18-14-10-6-2/h51-52,57-60H,5-50,53-56H2,1-4H3. The normalized spacial score (nSPS) is 12.4. The van der Waals surface area contributed by atoms with Crippen LogP contribution >= 0.6 is 0 Å². The zero-order valence-corrected chi connectivity index (χ0v) is 46.5. The van der Waals surface area contributed by atoms with E-state index in [1.807, 2.05) is 12.1 Å². The SMILES string of the molecule is CCCCCCCCCCCCCCCCCCCC(CCCCCCCC)OC(=O)c1ccccc1C(=O)OC(CCCCCCCC)CCCCCCCCCCCCCCCCCCC. The maximum absolute atomic E-state index is 13.9. The molecular formula is C64H118O4. The fraction of sp³-hybridized carbons (Fsp3) is 0.875. The molecule has 0 saturated heterocycles. The van der Waals surface area contributed by atoms with E-state index in [4.69, 9.17) is 9.47 Å². The second-order valence-corrected chi connectivity index (χ2v) is 21.6. The van der Waals surface area contributed by atoms with Crippen molar-refractivity contribution in [2.45, 2.75) is 361 Å². The number of benzene rings is 1. The van der Waals surface area contributed by atoms with Crippen LogP contribution in [-0.2, 0) is 9.47 Å². The van der Waals surface area contributed by atoms with Gasteiger partial charge in [-0.15, -0.1) is 0 Å². The first-order valence-corrected chi connectivity index (χ1v) is 31.1. The van der Waals surface area contributed by atoms with E-state index in [1.54, 1.807) is 12.1 Å². The molecule has 398 valence electrons. The van der Waals surface area contributed by atoms with Crippen molar-refractivity contribution in [2.75, 3.05) is 0 Å². The van der Waals surface area contributed by atoms with Gasteiger partial charge >= 0.3 is 11.9 Å². The summed E-state index contributed by atoms with van der Waals surface area (Å²) in [6, 6.07) is 7.26. The van der Waals surface area contributed by atoms with Crippen molar-refractivity contribution in [2.24, 2.45) is 0 Å². The summed E-state index contributed by atoms with van der Waals surface area (Å²) in [5, 5.41) is 0. The zero-order chi connectivity index (χ0) is 49.1. The first kappa shape index (κ1) is 64.2. The van der Waals surface area contributed by atoms with Crippen molar-refractivity contribution >= 4 is 11.9 Å². The van der Waals surface area contributed by atoms with E-state index in [-0.39, 0.29) is 24.1 Å². The third kappa shape index (κ3) is 40.8. The monoisotopic (exact) mass is 951 g/mol. The Morgan fingerprint density at radius 2 is 0.441 bits per heavy atom. The molecular weight excluding hydrogens is 833 g/mol. The van der Waals surface area contributed by atoms with Gasteiger partial charge in [-0.25, -0.2) is 9.59 Å². The molecule has 2 atom stereocenters. The Morgan fingerprint density at radius 3 is 0.618 bits per heavy atom. The Bertz CT molecular complexity index is 1100. The maximum Gasteiger partial charge on any atom is 0.339 e. The number of esters is 2. The van der Waals surface area contributed by atoms with Crippen molar-refractivity contribution in [3.63, 3.8) is 0 Å². The van der Waals surface area contributed by atoms with E-state index < -0.39 is 0 Å². The largest absolute Gasteiger partial charge is 0.459 e. The molecule has 0 fully saturated rings. The molecule has 0 aliphatic carbocycles. The summed E-state index contributed by atoms with van der Waals surface area (Å²) in [5.74, 6) is -0.720. The summed E-state index contributed by atoms with van der Waals surface area (Å²) in [4.78, 5) is 27.9. The predicted octanol–water partition coefficient (Wildman–Crippen LogP) is 22.3. The minimum atomic E-state index is -0.360. The molecule has 0 bridgehead atoms. The minimum Gasteiger partial charge on any atom is -0.459 e. The van der Waals surface area contributed by atoms with Crippen LogP contribution in [0.2, 0.25) is 0 Å². The summed E-state index contributed by atoms with van der Waals surface area (Å²) >= 11 is 0. The smallest absolute Gasteiger partial charge is 0.339 e. The summed E-state index contributed by atoms with van der Waals surface area (Å²) < 4.78 is 12.6. The molecule has 0 aliphatic heterocycles. The Labute approximate surface area is 425 Å². The number of carbonyl (C=O) groups is 2. The van der Waals surface area contributed by atoms with Gasteiger partial charge in [0.25, 0.3) is 0 Å². The molecule has 0 spiro atoms.